The topological polar surface area (TPSA) is 76.9 Å². The summed E-state index contributed by atoms with van der Waals surface area (Å²) in [5.74, 6) is 0.155. The predicted molar refractivity (Wildman–Crippen MR) is 116 cm³/mol. The normalized spacial score (nSPS) is 11.1. The molecule has 0 aliphatic heterocycles. The Bertz CT molecular complexity index is 1230. The smallest absolute Gasteiger partial charge is 0.261 e. The average Bonchev–Trinajstić information content (AvgIpc) is 3.18. The predicted octanol–water partition coefficient (Wildman–Crippen LogP) is 4.28. The summed E-state index contributed by atoms with van der Waals surface area (Å²) in [6.45, 7) is 4.19. The summed E-state index contributed by atoms with van der Waals surface area (Å²) in [7, 11) is 0. The fourth-order valence-electron chi connectivity index (χ4n) is 3.03. The molecule has 4 aromatic rings. The fraction of sp³-hybridized carbons (Fsp3) is 0.182. The molecule has 0 aliphatic rings. The van der Waals surface area contributed by atoms with Crippen LogP contribution in [0.5, 0.6) is 0 Å². The highest BCUT2D eigenvalue weighted by Crippen LogP contribution is 2.26. The molecule has 0 unspecified atom stereocenters. The highest BCUT2D eigenvalue weighted by molar-refractivity contribution is 7.14. The maximum absolute atomic E-state index is 12.5. The number of hydrogen-bond donors (Lipinski definition) is 1. The first-order valence-corrected chi connectivity index (χ1v) is 10.2. The van der Waals surface area contributed by atoms with E-state index in [2.05, 4.69) is 41.3 Å². The van der Waals surface area contributed by atoms with Gasteiger partial charge in [0.05, 0.1) is 22.9 Å². The van der Waals surface area contributed by atoms with E-state index in [0.717, 1.165) is 11.3 Å². The van der Waals surface area contributed by atoms with E-state index in [9.17, 15) is 9.59 Å². The van der Waals surface area contributed by atoms with Crippen molar-refractivity contribution in [3.8, 4) is 11.3 Å². The van der Waals surface area contributed by atoms with Crippen LogP contribution in [0, 0.1) is 0 Å². The van der Waals surface area contributed by atoms with Crippen LogP contribution in [0.4, 0.5) is 5.13 Å². The first-order chi connectivity index (χ1) is 14.0. The van der Waals surface area contributed by atoms with Crippen LogP contribution in [0.1, 0.15) is 25.3 Å². The third-order valence-electron chi connectivity index (χ3n) is 4.67. The lowest BCUT2D eigenvalue weighted by molar-refractivity contribution is -0.116. The molecule has 7 heteroatoms. The molecule has 4 rings (SSSR count). The molecule has 0 spiro atoms. The van der Waals surface area contributed by atoms with Gasteiger partial charge in [0.1, 0.15) is 6.54 Å². The summed E-state index contributed by atoms with van der Waals surface area (Å²) >= 11 is 1.35. The lowest BCUT2D eigenvalue weighted by Gasteiger charge is -2.06. The van der Waals surface area contributed by atoms with Crippen molar-refractivity contribution in [3.05, 3.63) is 76.2 Å². The monoisotopic (exact) mass is 404 g/mol. The Morgan fingerprint density at radius 1 is 1.14 bits per heavy atom. The molecule has 0 atom stereocenters. The van der Waals surface area contributed by atoms with Crippen LogP contribution in [0.3, 0.4) is 0 Å². The van der Waals surface area contributed by atoms with Gasteiger partial charge in [0.25, 0.3) is 5.56 Å². The molecule has 2 heterocycles. The summed E-state index contributed by atoms with van der Waals surface area (Å²) in [5, 5.41) is 5.66. The van der Waals surface area contributed by atoms with Crippen molar-refractivity contribution in [1.29, 1.82) is 0 Å². The minimum Gasteiger partial charge on any atom is -0.300 e. The van der Waals surface area contributed by atoms with Crippen LogP contribution < -0.4 is 10.9 Å². The molecule has 0 aliphatic carbocycles. The van der Waals surface area contributed by atoms with Crippen molar-refractivity contribution < 1.29 is 4.79 Å². The van der Waals surface area contributed by atoms with E-state index in [-0.39, 0.29) is 18.0 Å². The molecule has 2 aromatic heterocycles. The van der Waals surface area contributed by atoms with Crippen LogP contribution in [-0.4, -0.2) is 20.4 Å². The van der Waals surface area contributed by atoms with Crippen molar-refractivity contribution in [1.82, 2.24) is 14.5 Å². The van der Waals surface area contributed by atoms with E-state index in [1.165, 1.54) is 27.8 Å². The Hall–Kier alpha value is -3.32. The summed E-state index contributed by atoms with van der Waals surface area (Å²) in [6, 6.07) is 15.3. The van der Waals surface area contributed by atoms with Crippen molar-refractivity contribution in [2.75, 3.05) is 5.32 Å². The molecular weight excluding hydrogens is 384 g/mol. The van der Waals surface area contributed by atoms with Gasteiger partial charge in [0.15, 0.2) is 5.13 Å². The van der Waals surface area contributed by atoms with Crippen LogP contribution in [0.2, 0.25) is 0 Å². The number of hydrogen-bond acceptors (Lipinski definition) is 5. The zero-order valence-electron chi connectivity index (χ0n) is 16.1. The molecule has 1 amide bonds. The van der Waals surface area contributed by atoms with E-state index < -0.39 is 0 Å². The SMILES string of the molecule is CC(C)c1ccc(-c2csc(NC(=O)Cn3cnc4ccccc4c3=O)n2)cc1. The Morgan fingerprint density at radius 3 is 2.66 bits per heavy atom. The Labute approximate surface area is 171 Å². The summed E-state index contributed by atoms with van der Waals surface area (Å²) < 4.78 is 1.30. The minimum absolute atomic E-state index is 0.116. The van der Waals surface area contributed by atoms with E-state index in [0.29, 0.717) is 22.0 Å². The molecule has 146 valence electrons. The van der Waals surface area contributed by atoms with E-state index in [1.54, 1.807) is 18.2 Å². The fourth-order valence-corrected chi connectivity index (χ4v) is 3.77. The van der Waals surface area contributed by atoms with E-state index in [4.69, 9.17) is 0 Å². The molecule has 0 radical (unpaired) electrons. The average molecular weight is 404 g/mol. The van der Waals surface area contributed by atoms with Gasteiger partial charge in [0.2, 0.25) is 5.91 Å². The maximum Gasteiger partial charge on any atom is 0.261 e. The van der Waals surface area contributed by atoms with Gasteiger partial charge in [-0.05, 0) is 23.6 Å². The lowest BCUT2D eigenvalue weighted by Crippen LogP contribution is -2.27. The highest BCUT2D eigenvalue weighted by atomic mass is 32.1. The van der Waals surface area contributed by atoms with Crippen molar-refractivity contribution in [2.45, 2.75) is 26.3 Å². The number of carbonyl (C=O) groups is 1. The lowest BCUT2D eigenvalue weighted by atomic mass is 10.0. The van der Waals surface area contributed by atoms with Crippen LogP contribution in [-0.2, 0) is 11.3 Å². The summed E-state index contributed by atoms with van der Waals surface area (Å²) in [5.41, 5.74) is 3.45. The van der Waals surface area contributed by atoms with Gasteiger partial charge in [-0.3, -0.25) is 14.2 Å². The van der Waals surface area contributed by atoms with Crippen molar-refractivity contribution >= 4 is 33.3 Å². The molecule has 6 nitrogen and oxygen atoms in total. The number of fused-ring (bicyclic) bond motifs is 1. The van der Waals surface area contributed by atoms with Crippen molar-refractivity contribution in [3.63, 3.8) is 0 Å². The van der Waals surface area contributed by atoms with Crippen LogP contribution >= 0.6 is 11.3 Å². The van der Waals surface area contributed by atoms with Crippen LogP contribution in [0.15, 0.2) is 65.0 Å². The van der Waals surface area contributed by atoms with Gasteiger partial charge >= 0.3 is 0 Å². The number of rotatable bonds is 5. The van der Waals surface area contributed by atoms with E-state index in [1.807, 2.05) is 23.6 Å². The molecule has 2 aromatic carbocycles. The summed E-state index contributed by atoms with van der Waals surface area (Å²) in [6.07, 6.45) is 1.40. The zero-order valence-corrected chi connectivity index (χ0v) is 16.9. The van der Waals surface area contributed by atoms with Gasteiger partial charge in [-0.2, -0.15) is 0 Å². The second-order valence-electron chi connectivity index (χ2n) is 7.06. The highest BCUT2D eigenvalue weighted by Gasteiger charge is 2.11. The number of aromatic nitrogens is 3. The van der Waals surface area contributed by atoms with Crippen LogP contribution in [0.25, 0.3) is 22.2 Å². The van der Waals surface area contributed by atoms with Crippen molar-refractivity contribution in [2.24, 2.45) is 0 Å². The molecular formula is C22H20N4O2S. The number of carbonyl (C=O) groups excluding carboxylic acids is 1. The number of para-hydroxylation sites is 1. The van der Waals surface area contributed by atoms with Gasteiger partial charge in [-0.25, -0.2) is 9.97 Å². The number of nitrogens with one attached hydrogen (secondary N) is 1. The number of amides is 1. The first kappa shape index (κ1) is 19.0. The zero-order chi connectivity index (χ0) is 20.4. The number of nitrogens with zero attached hydrogens (tertiary/aromatic N) is 3. The second kappa shape index (κ2) is 7.97. The number of benzene rings is 2. The quantitative estimate of drug-likeness (QED) is 0.539. The molecule has 0 bridgehead atoms. The second-order valence-corrected chi connectivity index (χ2v) is 7.92. The summed E-state index contributed by atoms with van der Waals surface area (Å²) in [4.78, 5) is 33.6. The molecule has 0 fully saturated rings. The van der Waals surface area contributed by atoms with Gasteiger partial charge in [-0.15, -0.1) is 11.3 Å². The van der Waals surface area contributed by atoms with Gasteiger partial charge in [0, 0.05) is 10.9 Å². The van der Waals surface area contributed by atoms with E-state index >= 15 is 0 Å². The first-order valence-electron chi connectivity index (χ1n) is 9.31. The minimum atomic E-state index is -0.319. The Morgan fingerprint density at radius 2 is 1.90 bits per heavy atom. The largest absolute Gasteiger partial charge is 0.300 e. The molecule has 1 N–H and O–H groups in total. The molecule has 0 saturated heterocycles. The number of thiazole rings is 1. The Balaban J connectivity index is 1.47. The Kier molecular flexibility index (Phi) is 5.22. The number of anilines is 1. The maximum atomic E-state index is 12.5. The third kappa shape index (κ3) is 4.09. The van der Waals surface area contributed by atoms with Gasteiger partial charge < -0.3 is 5.32 Å². The molecule has 0 saturated carbocycles. The third-order valence-corrected chi connectivity index (χ3v) is 5.43. The molecule has 29 heavy (non-hydrogen) atoms. The standard InChI is InChI=1S/C22H20N4O2S/c1-14(2)15-7-9-16(10-8-15)19-12-29-22(24-19)25-20(27)11-26-13-23-18-6-4-3-5-17(18)21(26)28/h3-10,12-14H,11H2,1-2H3,(H,24,25,27). The van der Waals surface area contributed by atoms with Gasteiger partial charge in [-0.1, -0.05) is 50.2 Å².